The number of phenolic OH excluding ortho intramolecular Hbond substituents is 1. The second kappa shape index (κ2) is 4.59. The number of Topliss-reactive ketones (excluding diaryl/α,β-unsaturated/α-hetero) is 1. The van der Waals surface area contributed by atoms with E-state index in [0.717, 1.165) is 16.0 Å². The Balaban J connectivity index is 2.03. The van der Waals surface area contributed by atoms with E-state index in [4.69, 9.17) is 0 Å². The van der Waals surface area contributed by atoms with E-state index in [0.29, 0.717) is 10.5 Å². The van der Waals surface area contributed by atoms with Crippen molar-refractivity contribution in [3.05, 3.63) is 64.1 Å². The van der Waals surface area contributed by atoms with Crippen LogP contribution in [0.1, 0.15) is 21.5 Å². The van der Waals surface area contributed by atoms with Crippen molar-refractivity contribution in [2.45, 2.75) is 11.8 Å². The second-order valence-corrected chi connectivity index (χ2v) is 5.58. The zero-order valence-corrected chi connectivity index (χ0v) is 11.2. The largest absolute Gasteiger partial charge is 0.507 e. The molecule has 3 heteroatoms. The van der Waals surface area contributed by atoms with Crippen LogP contribution in [0.2, 0.25) is 0 Å². The fourth-order valence-electron chi connectivity index (χ4n) is 2.07. The van der Waals surface area contributed by atoms with Gasteiger partial charge in [-0.1, -0.05) is 35.5 Å². The number of thioether (sulfide) groups is 1. The van der Waals surface area contributed by atoms with Crippen molar-refractivity contribution in [3.8, 4) is 5.75 Å². The molecule has 0 unspecified atom stereocenters. The SMILES string of the molecule is Cc1ccc(O)c(C=C2Sc3ccccc3C2=O)c1. The molecule has 19 heavy (non-hydrogen) atoms. The fraction of sp³-hybridized carbons (Fsp3) is 0.0625. The van der Waals surface area contributed by atoms with E-state index >= 15 is 0 Å². The average molecular weight is 268 g/mol. The second-order valence-electron chi connectivity index (χ2n) is 4.50. The molecule has 0 radical (unpaired) electrons. The minimum atomic E-state index is 0.0292. The molecule has 94 valence electrons. The molecule has 1 heterocycles. The topological polar surface area (TPSA) is 37.3 Å². The zero-order valence-electron chi connectivity index (χ0n) is 10.4. The smallest absolute Gasteiger partial charge is 0.200 e. The Hall–Kier alpha value is -2.00. The van der Waals surface area contributed by atoms with Gasteiger partial charge in [0, 0.05) is 16.0 Å². The maximum absolute atomic E-state index is 12.2. The monoisotopic (exact) mass is 268 g/mol. The van der Waals surface area contributed by atoms with Gasteiger partial charge >= 0.3 is 0 Å². The maximum Gasteiger partial charge on any atom is 0.200 e. The van der Waals surface area contributed by atoms with Gasteiger partial charge in [0.25, 0.3) is 0 Å². The number of phenols is 1. The molecular formula is C16H12O2S. The van der Waals surface area contributed by atoms with Crippen LogP contribution in [-0.4, -0.2) is 10.9 Å². The molecule has 0 saturated heterocycles. The van der Waals surface area contributed by atoms with Gasteiger partial charge in [-0.05, 0) is 37.3 Å². The summed E-state index contributed by atoms with van der Waals surface area (Å²) in [7, 11) is 0. The Bertz CT molecular complexity index is 702. The van der Waals surface area contributed by atoms with Crippen LogP contribution in [0.15, 0.2) is 52.3 Å². The van der Waals surface area contributed by atoms with Crippen LogP contribution in [0.3, 0.4) is 0 Å². The highest BCUT2D eigenvalue weighted by Gasteiger charge is 2.25. The molecule has 0 atom stereocenters. The number of aromatic hydroxyl groups is 1. The number of hydrogen-bond acceptors (Lipinski definition) is 3. The zero-order chi connectivity index (χ0) is 13.4. The lowest BCUT2D eigenvalue weighted by molar-refractivity contribution is 0.104. The molecule has 0 amide bonds. The van der Waals surface area contributed by atoms with Gasteiger partial charge in [-0.15, -0.1) is 0 Å². The standard InChI is InChI=1S/C16H12O2S/c1-10-6-7-13(17)11(8-10)9-15-16(18)12-4-2-3-5-14(12)19-15/h2-9,17H,1H3. The molecule has 0 saturated carbocycles. The molecule has 2 nitrogen and oxygen atoms in total. The van der Waals surface area contributed by atoms with E-state index in [2.05, 4.69) is 0 Å². The lowest BCUT2D eigenvalue weighted by Crippen LogP contribution is -1.93. The van der Waals surface area contributed by atoms with Crippen molar-refractivity contribution in [2.75, 3.05) is 0 Å². The van der Waals surface area contributed by atoms with Crippen LogP contribution in [0.4, 0.5) is 0 Å². The van der Waals surface area contributed by atoms with E-state index in [-0.39, 0.29) is 11.5 Å². The van der Waals surface area contributed by atoms with Crippen LogP contribution >= 0.6 is 11.8 Å². The summed E-state index contributed by atoms with van der Waals surface area (Å²) in [4.78, 5) is 13.9. The number of rotatable bonds is 1. The molecule has 3 rings (SSSR count). The lowest BCUT2D eigenvalue weighted by atomic mass is 10.1. The summed E-state index contributed by atoms with van der Waals surface area (Å²) in [5.74, 6) is 0.226. The number of hydrogen-bond donors (Lipinski definition) is 1. The molecular weight excluding hydrogens is 256 g/mol. The van der Waals surface area contributed by atoms with Crippen molar-refractivity contribution < 1.29 is 9.90 Å². The molecule has 0 aromatic heterocycles. The summed E-state index contributed by atoms with van der Waals surface area (Å²) in [5.41, 5.74) is 2.48. The summed E-state index contributed by atoms with van der Waals surface area (Å²) in [6.45, 7) is 1.96. The van der Waals surface area contributed by atoms with Gasteiger partial charge in [0.1, 0.15) is 5.75 Å². The third kappa shape index (κ3) is 2.17. The summed E-state index contributed by atoms with van der Waals surface area (Å²) in [6, 6.07) is 12.9. The number of benzene rings is 2. The first-order valence-corrected chi connectivity index (χ1v) is 6.80. The van der Waals surface area contributed by atoms with Crippen LogP contribution in [0, 0.1) is 6.92 Å². The lowest BCUT2D eigenvalue weighted by Gasteiger charge is -2.01. The first kappa shape index (κ1) is 12.1. The molecule has 0 bridgehead atoms. The van der Waals surface area contributed by atoms with Gasteiger partial charge in [-0.2, -0.15) is 0 Å². The van der Waals surface area contributed by atoms with E-state index in [1.54, 1.807) is 12.1 Å². The summed E-state index contributed by atoms with van der Waals surface area (Å²) < 4.78 is 0. The molecule has 0 fully saturated rings. The predicted molar refractivity (Wildman–Crippen MR) is 77.5 cm³/mol. The van der Waals surface area contributed by atoms with Crippen LogP contribution in [0.5, 0.6) is 5.75 Å². The van der Waals surface area contributed by atoms with Gasteiger partial charge in [0.05, 0.1) is 4.91 Å². The van der Waals surface area contributed by atoms with E-state index in [1.807, 2.05) is 43.3 Å². The van der Waals surface area contributed by atoms with E-state index in [9.17, 15) is 9.90 Å². The van der Waals surface area contributed by atoms with E-state index < -0.39 is 0 Å². The predicted octanol–water partition coefficient (Wildman–Crippen LogP) is 4.03. The highest BCUT2D eigenvalue weighted by atomic mass is 32.2. The van der Waals surface area contributed by atoms with E-state index in [1.165, 1.54) is 11.8 Å². The van der Waals surface area contributed by atoms with Crippen LogP contribution in [0.25, 0.3) is 6.08 Å². The van der Waals surface area contributed by atoms with Gasteiger partial charge in [-0.3, -0.25) is 4.79 Å². The molecule has 1 N–H and O–H groups in total. The van der Waals surface area contributed by atoms with Crippen molar-refractivity contribution in [1.82, 2.24) is 0 Å². The fourth-order valence-corrected chi connectivity index (χ4v) is 3.11. The number of fused-ring (bicyclic) bond motifs is 1. The Kier molecular flexibility index (Phi) is 2.91. The first-order chi connectivity index (χ1) is 9.15. The quantitative estimate of drug-likeness (QED) is 0.793. The van der Waals surface area contributed by atoms with Crippen molar-refractivity contribution >= 4 is 23.6 Å². The third-order valence-electron chi connectivity index (χ3n) is 3.05. The summed E-state index contributed by atoms with van der Waals surface area (Å²) in [5, 5.41) is 9.83. The Morgan fingerprint density at radius 1 is 1.16 bits per heavy atom. The highest BCUT2D eigenvalue weighted by molar-refractivity contribution is 8.04. The average Bonchev–Trinajstić information content (AvgIpc) is 2.72. The Morgan fingerprint density at radius 3 is 2.74 bits per heavy atom. The number of carbonyl (C=O) groups is 1. The number of carbonyl (C=O) groups excluding carboxylic acids is 1. The molecule has 1 aliphatic rings. The summed E-state index contributed by atoms with van der Waals surface area (Å²) in [6.07, 6.45) is 1.76. The molecule has 1 aliphatic heterocycles. The number of aryl methyl sites for hydroxylation is 1. The van der Waals surface area contributed by atoms with Crippen LogP contribution < -0.4 is 0 Å². The van der Waals surface area contributed by atoms with Crippen molar-refractivity contribution in [2.24, 2.45) is 0 Å². The third-order valence-corrected chi connectivity index (χ3v) is 4.14. The van der Waals surface area contributed by atoms with Gasteiger partial charge in [0.2, 0.25) is 5.78 Å². The maximum atomic E-state index is 12.2. The minimum absolute atomic E-state index is 0.0292. The van der Waals surface area contributed by atoms with Gasteiger partial charge in [0.15, 0.2) is 0 Å². The van der Waals surface area contributed by atoms with Crippen molar-refractivity contribution in [3.63, 3.8) is 0 Å². The first-order valence-electron chi connectivity index (χ1n) is 5.98. The highest BCUT2D eigenvalue weighted by Crippen LogP contribution is 2.41. The molecule has 0 spiro atoms. The number of ketones is 1. The molecule has 0 aliphatic carbocycles. The van der Waals surface area contributed by atoms with Gasteiger partial charge in [-0.25, -0.2) is 0 Å². The van der Waals surface area contributed by atoms with Crippen molar-refractivity contribution in [1.29, 1.82) is 0 Å². The number of allylic oxidation sites excluding steroid dienone is 1. The van der Waals surface area contributed by atoms with Gasteiger partial charge < -0.3 is 5.11 Å². The molecule has 2 aromatic rings. The minimum Gasteiger partial charge on any atom is -0.507 e. The Morgan fingerprint density at radius 2 is 1.95 bits per heavy atom. The normalized spacial score (nSPS) is 15.8. The van der Waals surface area contributed by atoms with Crippen LogP contribution in [-0.2, 0) is 0 Å². The molecule has 2 aromatic carbocycles. The summed E-state index contributed by atoms with van der Waals surface area (Å²) >= 11 is 1.45. The Labute approximate surface area is 115 Å².